The number of hydrogen-bond donors (Lipinski definition) is 1. The number of carbonyl (C=O) groups is 1. The molecule has 1 fully saturated rings. The van der Waals surface area contributed by atoms with Crippen LogP contribution in [0.25, 0.3) is 0 Å². The molecule has 1 N–H and O–H groups in total. The van der Waals surface area contributed by atoms with Gasteiger partial charge in [-0.25, -0.2) is 4.79 Å². The number of rotatable bonds is 5. The standard InChI is InChI=1S/C25H34O2/c1-17(14-22(26)27)8-7-10-25(12-13-25)21-16-18(23(2,3)4)15-20-19(21)9-11-24(20,5)6/h7-8,14-16H,9-13H2,1-6H3,(H,26,27). The van der Waals surface area contributed by atoms with E-state index in [1.807, 2.05) is 13.0 Å². The second-order valence-corrected chi connectivity index (χ2v) is 10.3. The van der Waals surface area contributed by atoms with Crippen LogP contribution in [0.2, 0.25) is 0 Å². The topological polar surface area (TPSA) is 37.3 Å². The summed E-state index contributed by atoms with van der Waals surface area (Å²) in [7, 11) is 0. The minimum absolute atomic E-state index is 0.148. The molecule has 1 aromatic carbocycles. The molecule has 0 spiro atoms. The van der Waals surface area contributed by atoms with Crippen LogP contribution in [0.1, 0.15) is 89.5 Å². The highest BCUT2D eigenvalue weighted by molar-refractivity contribution is 5.81. The van der Waals surface area contributed by atoms with Crippen molar-refractivity contribution in [3.05, 3.63) is 58.2 Å². The molecule has 2 heteroatoms. The van der Waals surface area contributed by atoms with Crippen molar-refractivity contribution in [2.24, 2.45) is 0 Å². The summed E-state index contributed by atoms with van der Waals surface area (Å²) in [5.74, 6) is -0.879. The van der Waals surface area contributed by atoms with Crippen molar-refractivity contribution in [1.82, 2.24) is 0 Å². The van der Waals surface area contributed by atoms with Crippen LogP contribution >= 0.6 is 0 Å². The van der Waals surface area contributed by atoms with Crippen molar-refractivity contribution >= 4 is 5.97 Å². The zero-order valence-electron chi connectivity index (χ0n) is 17.8. The summed E-state index contributed by atoms with van der Waals surface area (Å²) in [5, 5.41) is 8.88. The number of allylic oxidation sites excluding steroid dienone is 3. The van der Waals surface area contributed by atoms with E-state index in [1.54, 1.807) is 16.7 Å². The first-order valence-corrected chi connectivity index (χ1v) is 10.2. The lowest BCUT2D eigenvalue weighted by Crippen LogP contribution is -2.19. The Morgan fingerprint density at radius 3 is 2.33 bits per heavy atom. The maximum absolute atomic E-state index is 10.8. The van der Waals surface area contributed by atoms with Gasteiger partial charge in [0.25, 0.3) is 0 Å². The predicted octanol–water partition coefficient (Wildman–Crippen LogP) is 6.22. The average Bonchev–Trinajstić information content (AvgIpc) is 3.25. The van der Waals surface area contributed by atoms with E-state index in [-0.39, 0.29) is 16.2 Å². The van der Waals surface area contributed by atoms with Crippen LogP contribution in [0.3, 0.4) is 0 Å². The number of carboxylic acid groups (broad SMARTS) is 1. The summed E-state index contributed by atoms with van der Waals surface area (Å²) in [6, 6.07) is 4.96. The van der Waals surface area contributed by atoms with Gasteiger partial charge in [0, 0.05) is 6.08 Å². The fourth-order valence-electron chi connectivity index (χ4n) is 4.47. The lowest BCUT2D eigenvalue weighted by Gasteiger charge is -2.28. The molecule has 3 rings (SSSR count). The number of hydrogen-bond acceptors (Lipinski definition) is 1. The monoisotopic (exact) mass is 366 g/mol. The van der Waals surface area contributed by atoms with Gasteiger partial charge in [-0.15, -0.1) is 0 Å². The Balaban J connectivity index is 1.98. The first-order valence-electron chi connectivity index (χ1n) is 10.2. The summed E-state index contributed by atoms with van der Waals surface area (Å²) in [4.78, 5) is 10.8. The highest BCUT2D eigenvalue weighted by atomic mass is 16.4. The number of fused-ring (bicyclic) bond motifs is 1. The predicted molar refractivity (Wildman–Crippen MR) is 113 cm³/mol. The Labute approximate surface area is 164 Å². The van der Waals surface area contributed by atoms with Crippen LogP contribution in [-0.2, 0) is 27.5 Å². The summed E-state index contributed by atoms with van der Waals surface area (Å²) in [5.41, 5.74) is 7.63. The third kappa shape index (κ3) is 4.05. The Morgan fingerprint density at radius 1 is 1.15 bits per heavy atom. The molecule has 0 amide bonds. The fourth-order valence-corrected chi connectivity index (χ4v) is 4.47. The smallest absolute Gasteiger partial charge is 0.328 e. The second-order valence-electron chi connectivity index (χ2n) is 10.3. The Morgan fingerprint density at radius 2 is 1.78 bits per heavy atom. The third-order valence-electron chi connectivity index (χ3n) is 6.51. The fraction of sp³-hybridized carbons (Fsp3) is 0.560. The van der Waals surface area contributed by atoms with Gasteiger partial charge in [-0.2, -0.15) is 0 Å². The molecule has 0 atom stereocenters. The molecule has 0 saturated heterocycles. The van der Waals surface area contributed by atoms with E-state index in [0.717, 1.165) is 12.0 Å². The van der Waals surface area contributed by atoms with E-state index < -0.39 is 5.97 Å². The van der Waals surface area contributed by atoms with Crippen molar-refractivity contribution in [2.75, 3.05) is 0 Å². The minimum atomic E-state index is -0.879. The third-order valence-corrected chi connectivity index (χ3v) is 6.51. The molecule has 0 bridgehead atoms. The van der Waals surface area contributed by atoms with Crippen molar-refractivity contribution in [2.45, 2.75) is 89.9 Å². The zero-order valence-corrected chi connectivity index (χ0v) is 17.8. The molecule has 0 radical (unpaired) electrons. The van der Waals surface area contributed by atoms with Crippen molar-refractivity contribution in [3.8, 4) is 0 Å². The van der Waals surface area contributed by atoms with Crippen LogP contribution in [0, 0.1) is 0 Å². The molecule has 2 nitrogen and oxygen atoms in total. The molecule has 1 saturated carbocycles. The largest absolute Gasteiger partial charge is 0.478 e. The molecular formula is C25H34O2. The second kappa shape index (κ2) is 6.65. The van der Waals surface area contributed by atoms with Crippen molar-refractivity contribution in [1.29, 1.82) is 0 Å². The van der Waals surface area contributed by atoms with Crippen LogP contribution in [0.15, 0.2) is 35.9 Å². The van der Waals surface area contributed by atoms with E-state index in [4.69, 9.17) is 5.11 Å². The van der Waals surface area contributed by atoms with E-state index in [2.05, 4.69) is 52.8 Å². The van der Waals surface area contributed by atoms with Crippen molar-refractivity contribution in [3.63, 3.8) is 0 Å². The van der Waals surface area contributed by atoms with E-state index in [0.29, 0.717) is 0 Å². The van der Waals surface area contributed by atoms with Crippen LogP contribution in [-0.4, -0.2) is 11.1 Å². The molecule has 146 valence electrons. The van der Waals surface area contributed by atoms with Crippen LogP contribution in [0.5, 0.6) is 0 Å². The van der Waals surface area contributed by atoms with Gasteiger partial charge in [0.1, 0.15) is 0 Å². The molecular weight excluding hydrogens is 332 g/mol. The maximum Gasteiger partial charge on any atom is 0.328 e. The van der Waals surface area contributed by atoms with E-state index in [9.17, 15) is 4.79 Å². The molecule has 1 aromatic rings. The van der Waals surface area contributed by atoms with Gasteiger partial charge in [0.2, 0.25) is 0 Å². The van der Waals surface area contributed by atoms with Gasteiger partial charge in [0.15, 0.2) is 0 Å². The summed E-state index contributed by atoms with van der Waals surface area (Å²) < 4.78 is 0. The van der Waals surface area contributed by atoms with Crippen molar-refractivity contribution < 1.29 is 9.90 Å². The first kappa shape index (κ1) is 19.9. The molecule has 0 aromatic heterocycles. The zero-order chi connectivity index (χ0) is 20.0. The lowest BCUT2D eigenvalue weighted by molar-refractivity contribution is -0.131. The van der Waals surface area contributed by atoms with Gasteiger partial charge >= 0.3 is 5.97 Å². The first-order chi connectivity index (χ1) is 12.4. The Kier molecular flexibility index (Phi) is 4.91. The molecule has 27 heavy (non-hydrogen) atoms. The molecule has 2 aliphatic rings. The van der Waals surface area contributed by atoms with Gasteiger partial charge in [-0.3, -0.25) is 0 Å². The maximum atomic E-state index is 10.8. The molecule has 0 heterocycles. The highest BCUT2D eigenvalue weighted by Crippen LogP contribution is 2.56. The summed E-state index contributed by atoms with van der Waals surface area (Å²) in [6.07, 6.45) is 11.3. The average molecular weight is 367 g/mol. The lowest BCUT2D eigenvalue weighted by atomic mass is 9.76. The molecule has 2 aliphatic carbocycles. The van der Waals surface area contributed by atoms with Gasteiger partial charge in [-0.05, 0) is 83.1 Å². The highest BCUT2D eigenvalue weighted by Gasteiger charge is 2.47. The number of aliphatic carboxylic acids is 1. The van der Waals surface area contributed by atoms with Crippen LogP contribution < -0.4 is 0 Å². The molecule has 0 unspecified atom stereocenters. The summed E-state index contributed by atoms with van der Waals surface area (Å²) in [6.45, 7) is 13.5. The Hall–Kier alpha value is -1.83. The molecule has 0 aliphatic heterocycles. The number of carboxylic acids is 1. The van der Waals surface area contributed by atoms with Gasteiger partial charge in [-0.1, -0.05) is 58.9 Å². The van der Waals surface area contributed by atoms with E-state index >= 15 is 0 Å². The SMILES string of the molecule is CC(C=CCC1(c2cc(C(C)(C)C)cc3c2CCC3(C)C)CC1)=CC(=O)O. The minimum Gasteiger partial charge on any atom is -0.478 e. The van der Waals surface area contributed by atoms with Crippen LogP contribution in [0.4, 0.5) is 0 Å². The van der Waals surface area contributed by atoms with Gasteiger partial charge < -0.3 is 5.11 Å². The quantitative estimate of drug-likeness (QED) is 0.496. The van der Waals surface area contributed by atoms with E-state index in [1.165, 1.54) is 37.3 Å². The normalized spacial score (nSPS) is 20.7. The number of benzene rings is 1. The van der Waals surface area contributed by atoms with Gasteiger partial charge in [0.05, 0.1) is 0 Å². The summed E-state index contributed by atoms with van der Waals surface area (Å²) >= 11 is 0. The Bertz CT molecular complexity index is 811.